The van der Waals surface area contributed by atoms with Crippen molar-refractivity contribution < 1.29 is 0 Å². The first-order valence-corrected chi connectivity index (χ1v) is 9.40. The van der Waals surface area contributed by atoms with E-state index in [1.165, 1.54) is 5.56 Å². The first-order valence-electron chi connectivity index (χ1n) is 9.40. The van der Waals surface area contributed by atoms with Crippen LogP contribution in [0.25, 0.3) is 5.69 Å². The van der Waals surface area contributed by atoms with E-state index in [4.69, 9.17) is 0 Å². The van der Waals surface area contributed by atoms with Gasteiger partial charge in [0.1, 0.15) is 0 Å². The van der Waals surface area contributed by atoms with Crippen LogP contribution >= 0.6 is 0 Å². The van der Waals surface area contributed by atoms with Crippen molar-refractivity contribution >= 4 is 11.9 Å². The Hall–Kier alpha value is -3.42. The van der Waals surface area contributed by atoms with E-state index < -0.39 is 0 Å². The largest absolute Gasteiger partial charge is 0.352 e. The van der Waals surface area contributed by atoms with E-state index in [1.807, 2.05) is 30.1 Å². The molecule has 0 atom stereocenters. The Kier molecular flexibility index (Phi) is 5.46. The standard InChI is InChI=1S/C20H24N8/c1-21-19(26-11-13-27(14-12-26)20-22-7-3-8-23-20)24-16-17-5-2-6-18(15-17)28-10-4-9-25-28/h2-10,15H,11-14,16H2,1H3,(H,21,24). The van der Waals surface area contributed by atoms with Crippen LogP contribution in [0.4, 0.5) is 5.95 Å². The van der Waals surface area contributed by atoms with Gasteiger partial charge in [-0.1, -0.05) is 12.1 Å². The summed E-state index contributed by atoms with van der Waals surface area (Å²) < 4.78 is 1.86. The quantitative estimate of drug-likeness (QED) is 0.550. The van der Waals surface area contributed by atoms with Crippen LogP contribution in [0.15, 0.2) is 66.2 Å². The molecular weight excluding hydrogens is 352 g/mol. The van der Waals surface area contributed by atoms with Gasteiger partial charge in [-0.25, -0.2) is 14.6 Å². The van der Waals surface area contributed by atoms with Gasteiger partial charge in [-0.05, 0) is 29.8 Å². The zero-order chi connectivity index (χ0) is 19.2. The molecular formula is C20H24N8. The van der Waals surface area contributed by atoms with Gasteiger partial charge in [0.15, 0.2) is 5.96 Å². The number of nitrogens with one attached hydrogen (secondary N) is 1. The maximum atomic E-state index is 4.46. The van der Waals surface area contributed by atoms with Gasteiger partial charge in [-0.2, -0.15) is 5.10 Å². The fourth-order valence-electron chi connectivity index (χ4n) is 3.32. The number of hydrogen-bond acceptors (Lipinski definition) is 5. The zero-order valence-corrected chi connectivity index (χ0v) is 15.9. The lowest BCUT2D eigenvalue weighted by molar-refractivity contribution is 0.370. The fourth-order valence-corrected chi connectivity index (χ4v) is 3.32. The van der Waals surface area contributed by atoms with E-state index in [2.05, 4.69) is 59.4 Å². The summed E-state index contributed by atoms with van der Waals surface area (Å²) in [7, 11) is 1.83. The molecule has 0 amide bonds. The number of rotatable bonds is 4. The fraction of sp³-hybridized carbons (Fsp3) is 0.300. The average molecular weight is 376 g/mol. The van der Waals surface area contributed by atoms with Gasteiger partial charge in [0.05, 0.1) is 5.69 Å². The van der Waals surface area contributed by atoms with Gasteiger partial charge in [0, 0.05) is 64.6 Å². The molecule has 1 aliphatic heterocycles. The van der Waals surface area contributed by atoms with E-state index in [0.717, 1.165) is 43.8 Å². The number of anilines is 1. The Labute approximate surface area is 164 Å². The lowest BCUT2D eigenvalue weighted by Gasteiger charge is -2.36. The highest BCUT2D eigenvalue weighted by atomic mass is 15.4. The van der Waals surface area contributed by atoms with Crippen molar-refractivity contribution in [3.8, 4) is 5.69 Å². The molecule has 3 heterocycles. The van der Waals surface area contributed by atoms with Gasteiger partial charge < -0.3 is 15.1 Å². The van der Waals surface area contributed by atoms with Gasteiger partial charge in [-0.3, -0.25) is 4.99 Å². The Bertz CT molecular complexity index is 899. The zero-order valence-electron chi connectivity index (χ0n) is 15.9. The number of benzene rings is 1. The summed E-state index contributed by atoms with van der Waals surface area (Å²) in [6, 6.07) is 12.1. The third-order valence-electron chi connectivity index (χ3n) is 4.76. The number of guanidine groups is 1. The van der Waals surface area contributed by atoms with E-state index in [1.54, 1.807) is 18.6 Å². The Morgan fingerprint density at radius 1 is 1.04 bits per heavy atom. The van der Waals surface area contributed by atoms with Crippen LogP contribution in [0.5, 0.6) is 0 Å². The number of nitrogens with zero attached hydrogens (tertiary/aromatic N) is 7. The predicted molar refractivity (Wildman–Crippen MR) is 110 cm³/mol. The minimum Gasteiger partial charge on any atom is -0.352 e. The van der Waals surface area contributed by atoms with Crippen LogP contribution in [0, 0.1) is 0 Å². The number of aromatic nitrogens is 4. The molecule has 8 nitrogen and oxygen atoms in total. The molecule has 1 aliphatic rings. The van der Waals surface area contributed by atoms with Crippen molar-refractivity contribution in [2.24, 2.45) is 4.99 Å². The van der Waals surface area contributed by atoms with E-state index in [-0.39, 0.29) is 0 Å². The highest BCUT2D eigenvalue weighted by Gasteiger charge is 2.20. The SMILES string of the molecule is CN=C(NCc1cccc(-n2cccn2)c1)N1CCN(c2ncccn2)CC1. The Morgan fingerprint density at radius 3 is 2.57 bits per heavy atom. The van der Waals surface area contributed by atoms with Gasteiger partial charge in [0.25, 0.3) is 0 Å². The van der Waals surface area contributed by atoms with Gasteiger partial charge in [0.2, 0.25) is 5.95 Å². The third-order valence-corrected chi connectivity index (χ3v) is 4.76. The van der Waals surface area contributed by atoms with Crippen LogP contribution in [0.2, 0.25) is 0 Å². The maximum Gasteiger partial charge on any atom is 0.225 e. The molecule has 3 aromatic rings. The molecule has 144 valence electrons. The van der Waals surface area contributed by atoms with Crippen LogP contribution in [0.1, 0.15) is 5.56 Å². The van der Waals surface area contributed by atoms with Crippen molar-refractivity contribution in [2.45, 2.75) is 6.54 Å². The molecule has 8 heteroatoms. The van der Waals surface area contributed by atoms with Crippen LogP contribution in [-0.4, -0.2) is 63.8 Å². The summed E-state index contributed by atoms with van der Waals surface area (Å²) in [5.74, 6) is 1.71. The molecule has 4 rings (SSSR count). The number of piperazine rings is 1. The molecule has 0 saturated carbocycles. The third kappa shape index (κ3) is 4.11. The second kappa shape index (κ2) is 8.51. The van der Waals surface area contributed by atoms with Crippen molar-refractivity contribution in [2.75, 3.05) is 38.1 Å². The van der Waals surface area contributed by atoms with Crippen LogP contribution in [0.3, 0.4) is 0 Å². The molecule has 1 fully saturated rings. The highest BCUT2D eigenvalue weighted by Crippen LogP contribution is 2.11. The molecule has 0 bridgehead atoms. The first-order chi connectivity index (χ1) is 13.8. The molecule has 1 N–H and O–H groups in total. The van der Waals surface area contributed by atoms with Crippen molar-refractivity contribution in [1.82, 2.24) is 30.0 Å². The number of aliphatic imine (C=N–C) groups is 1. The van der Waals surface area contributed by atoms with Crippen LogP contribution < -0.4 is 10.2 Å². The van der Waals surface area contributed by atoms with Crippen LogP contribution in [-0.2, 0) is 6.54 Å². The second-order valence-electron chi connectivity index (χ2n) is 6.54. The maximum absolute atomic E-state index is 4.46. The summed E-state index contributed by atoms with van der Waals surface area (Å²) in [4.78, 5) is 17.6. The molecule has 1 aromatic carbocycles. The first kappa shape index (κ1) is 18.0. The monoisotopic (exact) mass is 376 g/mol. The van der Waals surface area contributed by atoms with E-state index >= 15 is 0 Å². The average Bonchev–Trinajstić information content (AvgIpc) is 3.31. The van der Waals surface area contributed by atoms with Gasteiger partial charge >= 0.3 is 0 Å². The minimum absolute atomic E-state index is 0.712. The lowest BCUT2D eigenvalue weighted by atomic mass is 10.2. The number of hydrogen-bond donors (Lipinski definition) is 1. The topological polar surface area (TPSA) is 74.5 Å². The molecule has 0 spiro atoms. The molecule has 1 saturated heterocycles. The molecule has 0 unspecified atom stereocenters. The highest BCUT2D eigenvalue weighted by molar-refractivity contribution is 5.80. The van der Waals surface area contributed by atoms with E-state index in [9.17, 15) is 0 Å². The Morgan fingerprint density at radius 2 is 1.86 bits per heavy atom. The van der Waals surface area contributed by atoms with Crippen molar-refractivity contribution in [3.63, 3.8) is 0 Å². The molecule has 2 aromatic heterocycles. The van der Waals surface area contributed by atoms with Crippen molar-refractivity contribution in [3.05, 3.63) is 66.7 Å². The predicted octanol–water partition coefficient (Wildman–Crippen LogP) is 1.56. The summed E-state index contributed by atoms with van der Waals surface area (Å²) in [5, 5.41) is 7.77. The van der Waals surface area contributed by atoms with Gasteiger partial charge in [-0.15, -0.1) is 0 Å². The Balaban J connectivity index is 1.34. The smallest absolute Gasteiger partial charge is 0.225 e. The molecule has 0 aliphatic carbocycles. The second-order valence-corrected chi connectivity index (χ2v) is 6.54. The summed E-state index contributed by atoms with van der Waals surface area (Å²) in [5.41, 5.74) is 2.24. The minimum atomic E-state index is 0.712. The van der Waals surface area contributed by atoms with E-state index in [0.29, 0.717) is 6.54 Å². The molecule has 0 radical (unpaired) electrons. The summed E-state index contributed by atoms with van der Waals surface area (Å²) in [6.07, 6.45) is 7.30. The lowest BCUT2D eigenvalue weighted by Crippen LogP contribution is -2.52. The van der Waals surface area contributed by atoms with Crippen molar-refractivity contribution in [1.29, 1.82) is 0 Å². The summed E-state index contributed by atoms with van der Waals surface area (Å²) in [6.45, 7) is 4.22. The molecule has 28 heavy (non-hydrogen) atoms. The normalized spacial score (nSPS) is 15.0. The summed E-state index contributed by atoms with van der Waals surface area (Å²) >= 11 is 0.